The van der Waals surface area contributed by atoms with Crippen LogP contribution in [0.4, 0.5) is 18.9 Å². The Morgan fingerprint density at radius 2 is 1.77 bits per heavy atom. The topological polar surface area (TPSA) is 62.3 Å². The van der Waals surface area contributed by atoms with Gasteiger partial charge in [0.2, 0.25) is 5.91 Å². The molecule has 1 fully saturated rings. The summed E-state index contributed by atoms with van der Waals surface area (Å²) in [6, 6.07) is 7.47. The van der Waals surface area contributed by atoms with Gasteiger partial charge in [0.05, 0.1) is 0 Å². The molecule has 1 aliphatic rings. The number of carbonyl (C=O) groups excluding carboxylic acids is 2. The van der Waals surface area contributed by atoms with Crippen molar-refractivity contribution in [1.29, 1.82) is 0 Å². The summed E-state index contributed by atoms with van der Waals surface area (Å²) >= 11 is 0. The average molecular weight is 419 g/mol. The Morgan fingerprint density at radius 1 is 1.10 bits per heavy atom. The molecule has 0 saturated heterocycles. The highest BCUT2D eigenvalue weighted by atomic mass is 19.4. The molecule has 1 atom stereocenters. The van der Waals surface area contributed by atoms with Crippen LogP contribution >= 0.6 is 0 Å². The number of aryl methyl sites for hydroxylation is 1. The normalized spacial score (nSPS) is 16.0. The van der Waals surface area contributed by atoms with Crippen LogP contribution < -0.4 is 10.2 Å². The lowest BCUT2D eigenvalue weighted by atomic mass is 9.94. The van der Waals surface area contributed by atoms with Gasteiger partial charge in [-0.3, -0.25) is 19.5 Å². The van der Waals surface area contributed by atoms with E-state index < -0.39 is 24.0 Å². The van der Waals surface area contributed by atoms with Crippen molar-refractivity contribution in [2.24, 2.45) is 0 Å². The maximum atomic E-state index is 13.5. The monoisotopic (exact) mass is 419 g/mol. The van der Waals surface area contributed by atoms with Gasteiger partial charge in [-0.05, 0) is 55.2 Å². The van der Waals surface area contributed by atoms with Crippen molar-refractivity contribution in [2.45, 2.75) is 57.3 Å². The van der Waals surface area contributed by atoms with Crippen molar-refractivity contribution in [3.05, 3.63) is 59.9 Å². The maximum Gasteiger partial charge on any atom is 0.471 e. The summed E-state index contributed by atoms with van der Waals surface area (Å²) in [6.45, 7) is 1.71. The smallest absolute Gasteiger partial charge is 0.351 e. The van der Waals surface area contributed by atoms with Gasteiger partial charge in [0, 0.05) is 24.1 Å². The highest BCUT2D eigenvalue weighted by Gasteiger charge is 2.47. The number of nitrogens with one attached hydrogen (secondary N) is 1. The molecule has 1 N–H and O–H groups in total. The van der Waals surface area contributed by atoms with E-state index >= 15 is 0 Å². The first-order chi connectivity index (χ1) is 14.3. The highest BCUT2D eigenvalue weighted by Crippen LogP contribution is 2.33. The van der Waals surface area contributed by atoms with Crippen molar-refractivity contribution in [1.82, 2.24) is 10.3 Å². The Kier molecular flexibility index (Phi) is 6.74. The second-order valence-electron chi connectivity index (χ2n) is 7.54. The minimum atomic E-state index is -5.14. The zero-order chi connectivity index (χ0) is 21.7. The van der Waals surface area contributed by atoms with Crippen LogP contribution in [0.3, 0.4) is 0 Å². The van der Waals surface area contributed by atoms with Crippen LogP contribution in [-0.2, 0) is 9.59 Å². The van der Waals surface area contributed by atoms with Crippen LogP contribution in [0.1, 0.15) is 49.3 Å². The van der Waals surface area contributed by atoms with E-state index in [0.717, 1.165) is 32.1 Å². The lowest BCUT2D eigenvalue weighted by molar-refractivity contribution is -0.171. The SMILES string of the molecule is Cc1cccc(N(C(=O)C(F)(F)F)C(C(=O)NC2CCCCC2)c2ccncc2)c1. The zero-order valence-electron chi connectivity index (χ0n) is 16.7. The molecule has 0 spiro atoms. The predicted molar refractivity (Wildman–Crippen MR) is 107 cm³/mol. The third-order valence-electron chi connectivity index (χ3n) is 5.22. The van der Waals surface area contributed by atoms with Crippen molar-refractivity contribution >= 4 is 17.5 Å². The summed E-state index contributed by atoms with van der Waals surface area (Å²) in [5.74, 6) is -2.72. The molecule has 0 aliphatic heterocycles. The maximum absolute atomic E-state index is 13.5. The molecule has 1 aromatic heterocycles. The lowest BCUT2D eigenvalue weighted by Crippen LogP contribution is -2.50. The van der Waals surface area contributed by atoms with Crippen LogP contribution in [-0.4, -0.2) is 29.0 Å². The number of carbonyl (C=O) groups is 2. The summed E-state index contributed by atoms with van der Waals surface area (Å²) < 4.78 is 40.6. The molecule has 1 saturated carbocycles. The van der Waals surface area contributed by atoms with Crippen LogP contribution in [0.2, 0.25) is 0 Å². The number of anilines is 1. The predicted octanol–water partition coefficient (Wildman–Crippen LogP) is 4.48. The number of hydrogen-bond acceptors (Lipinski definition) is 3. The Balaban J connectivity index is 2.06. The number of pyridine rings is 1. The number of halogens is 3. The number of rotatable bonds is 5. The average Bonchev–Trinajstić information content (AvgIpc) is 2.72. The van der Waals surface area contributed by atoms with Crippen LogP contribution in [0.15, 0.2) is 48.8 Å². The molecule has 3 rings (SSSR count). The van der Waals surface area contributed by atoms with E-state index in [0.29, 0.717) is 10.5 Å². The standard InChI is InChI=1S/C22H24F3N3O2/c1-15-6-5-9-18(14-15)28(21(30)22(23,24)25)19(16-10-12-26-13-11-16)20(29)27-17-7-3-2-4-8-17/h5-6,9-14,17,19H,2-4,7-8H2,1H3,(H,27,29). The van der Waals surface area contributed by atoms with E-state index in [9.17, 15) is 22.8 Å². The van der Waals surface area contributed by atoms with E-state index in [-0.39, 0.29) is 17.3 Å². The van der Waals surface area contributed by atoms with E-state index in [1.54, 1.807) is 19.1 Å². The van der Waals surface area contributed by atoms with Gasteiger partial charge in [0.1, 0.15) is 6.04 Å². The van der Waals surface area contributed by atoms with Crippen LogP contribution in [0, 0.1) is 6.92 Å². The molecular formula is C22H24F3N3O2. The number of nitrogens with zero attached hydrogens (tertiary/aromatic N) is 2. The molecule has 2 aromatic rings. The molecular weight excluding hydrogens is 395 g/mol. The minimum absolute atomic E-state index is 0.0120. The number of aromatic nitrogens is 1. The quantitative estimate of drug-likeness (QED) is 0.778. The molecule has 0 radical (unpaired) electrons. The third-order valence-corrected chi connectivity index (χ3v) is 5.22. The summed E-state index contributed by atoms with van der Waals surface area (Å²) in [4.78, 5) is 30.2. The Morgan fingerprint density at radius 3 is 2.37 bits per heavy atom. The van der Waals surface area contributed by atoms with E-state index in [1.165, 1.54) is 36.7 Å². The van der Waals surface area contributed by atoms with Gasteiger partial charge < -0.3 is 5.32 Å². The van der Waals surface area contributed by atoms with Crippen molar-refractivity contribution in [3.8, 4) is 0 Å². The molecule has 0 bridgehead atoms. The Bertz CT molecular complexity index is 881. The largest absolute Gasteiger partial charge is 0.471 e. The van der Waals surface area contributed by atoms with Crippen molar-refractivity contribution < 1.29 is 22.8 Å². The molecule has 8 heteroatoms. The lowest BCUT2D eigenvalue weighted by Gasteiger charge is -2.33. The first-order valence-electron chi connectivity index (χ1n) is 9.94. The number of hydrogen-bond donors (Lipinski definition) is 1. The van der Waals surface area contributed by atoms with Gasteiger partial charge in [0.25, 0.3) is 0 Å². The molecule has 30 heavy (non-hydrogen) atoms. The zero-order valence-corrected chi connectivity index (χ0v) is 16.7. The molecule has 160 valence electrons. The number of benzene rings is 1. The molecule has 1 aromatic carbocycles. The fourth-order valence-electron chi connectivity index (χ4n) is 3.79. The first kappa shape index (κ1) is 21.8. The number of alkyl halides is 3. The van der Waals surface area contributed by atoms with Crippen LogP contribution in [0.5, 0.6) is 0 Å². The fraction of sp³-hybridized carbons (Fsp3) is 0.409. The summed E-state index contributed by atoms with van der Waals surface area (Å²) in [5.41, 5.74) is 0.948. The van der Waals surface area contributed by atoms with E-state index in [2.05, 4.69) is 10.3 Å². The highest BCUT2D eigenvalue weighted by molar-refractivity contribution is 6.03. The van der Waals surface area contributed by atoms with Crippen LogP contribution in [0.25, 0.3) is 0 Å². The van der Waals surface area contributed by atoms with Gasteiger partial charge in [-0.15, -0.1) is 0 Å². The second kappa shape index (κ2) is 9.28. The Labute approximate surface area is 173 Å². The van der Waals surface area contributed by atoms with Crippen molar-refractivity contribution in [2.75, 3.05) is 4.90 Å². The third kappa shape index (κ3) is 5.17. The summed E-state index contributed by atoms with van der Waals surface area (Å²) in [6.07, 6.45) is 2.16. The van der Waals surface area contributed by atoms with Gasteiger partial charge in [0.15, 0.2) is 0 Å². The second-order valence-corrected chi connectivity index (χ2v) is 7.54. The minimum Gasteiger partial charge on any atom is -0.351 e. The Hall–Kier alpha value is -2.90. The van der Waals surface area contributed by atoms with Gasteiger partial charge in [-0.25, -0.2) is 0 Å². The molecule has 1 heterocycles. The fourth-order valence-corrected chi connectivity index (χ4v) is 3.79. The molecule has 2 amide bonds. The summed E-state index contributed by atoms with van der Waals surface area (Å²) in [5, 5.41) is 2.87. The van der Waals surface area contributed by atoms with Crippen molar-refractivity contribution in [3.63, 3.8) is 0 Å². The molecule has 1 aliphatic carbocycles. The van der Waals surface area contributed by atoms with Gasteiger partial charge in [-0.2, -0.15) is 13.2 Å². The first-order valence-corrected chi connectivity index (χ1v) is 9.94. The molecule has 5 nitrogen and oxygen atoms in total. The van der Waals surface area contributed by atoms with Gasteiger partial charge >= 0.3 is 12.1 Å². The molecule has 1 unspecified atom stereocenters. The number of amides is 2. The van der Waals surface area contributed by atoms with E-state index in [1.807, 2.05) is 0 Å². The summed E-state index contributed by atoms with van der Waals surface area (Å²) in [7, 11) is 0. The van der Waals surface area contributed by atoms with Gasteiger partial charge in [-0.1, -0.05) is 31.4 Å². The van der Waals surface area contributed by atoms with E-state index in [4.69, 9.17) is 0 Å².